The number of carbonyl (C=O) groups is 2. The molecule has 2 rings (SSSR count). The SMILES string of the molecule is Cc1cc(C(=O)COC(=O)c2cc(F)ccc2Br)c(C)n1C. The van der Waals surface area contributed by atoms with E-state index in [-0.39, 0.29) is 18.0 Å². The number of halogens is 2. The zero-order chi connectivity index (χ0) is 16.4. The standard InChI is InChI=1S/C16H15BrFNO3/c1-9-6-12(10(2)19(9)3)15(20)8-22-16(21)13-7-11(18)4-5-14(13)17/h4-7H,8H2,1-3H3. The van der Waals surface area contributed by atoms with Crippen LogP contribution in [0.5, 0.6) is 0 Å². The van der Waals surface area contributed by atoms with Gasteiger partial charge >= 0.3 is 5.97 Å². The topological polar surface area (TPSA) is 48.3 Å². The number of hydrogen-bond donors (Lipinski definition) is 0. The van der Waals surface area contributed by atoms with Gasteiger partial charge in [-0.2, -0.15) is 0 Å². The van der Waals surface area contributed by atoms with E-state index in [0.29, 0.717) is 10.0 Å². The maximum absolute atomic E-state index is 13.2. The molecular weight excluding hydrogens is 353 g/mol. The van der Waals surface area contributed by atoms with Gasteiger partial charge in [-0.25, -0.2) is 9.18 Å². The summed E-state index contributed by atoms with van der Waals surface area (Å²) in [6.07, 6.45) is 0. The van der Waals surface area contributed by atoms with Crippen LogP contribution >= 0.6 is 15.9 Å². The third-order valence-electron chi connectivity index (χ3n) is 3.56. The summed E-state index contributed by atoms with van der Waals surface area (Å²) in [5.74, 6) is -1.58. The fourth-order valence-corrected chi connectivity index (χ4v) is 2.49. The molecule has 0 atom stereocenters. The van der Waals surface area contributed by atoms with Crippen LogP contribution in [-0.4, -0.2) is 22.9 Å². The molecule has 0 saturated heterocycles. The van der Waals surface area contributed by atoms with Gasteiger partial charge in [-0.15, -0.1) is 0 Å². The van der Waals surface area contributed by atoms with E-state index in [1.165, 1.54) is 12.1 Å². The molecular formula is C16H15BrFNO3. The van der Waals surface area contributed by atoms with Crippen LogP contribution in [0.3, 0.4) is 0 Å². The number of ketones is 1. The Bertz CT molecular complexity index is 752. The molecule has 1 aromatic heterocycles. The molecule has 0 aliphatic carbocycles. The molecule has 0 radical (unpaired) electrons. The van der Waals surface area contributed by atoms with Crippen LogP contribution in [0.1, 0.15) is 32.1 Å². The highest BCUT2D eigenvalue weighted by Crippen LogP contribution is 2.19. The molecule has 0 fully saturated rings. The van der Waals surface area contributed by atoms with Crippen molar-refractivity contribution in [3.8, 4) is 0 Å². The van der Waals surface area contributed by atoms with E-state index in [1.807, 2.05) is 25.5 Å². The van der Waals surface area contributed by atoms with Gasteiger partial charge in [-0.3, -0.25) is 4.79 Å². The average Bonchev–Trinajstić information content (AvgIpc) is 2.74. The van der Waals surface area contributed by atoms with Crippen molar-refractivity contribution in [3.63, 3.8) is 0 Å². The lowest BCUT2D eigenvalue weighted by Gasteiger charge is -2.06. The lowest BCUT2D eigenvalue weighted by atomic mass is 10.1. The van der Waals surface area contributed by atoms with E-state index < -0.39 is 11.8 Å². The summed E-state index contributed by atoms with van der Waals surface area (Å²) in [6, 6.07) is 5.46. The Balaban J connectivity index is 2.09. The maximum Gasteiger partial charge on any atom is 0.339 e. The summed E-state index contributed by atoms with van der Waals surface area (Å²) in [5.41, 5.74) is 2.32. The Kier molecular flexibility index (Phi) is 4.81. The second kappa shape index (κ2) is 6.44. The van der Waals surface area contributed by atoms with E-state index in [2.05, 4.69) is 15.9 Å². The smallest absolute Gasteiger partial charge is 0.339 e. The predicted molar refractivity (Wildman–Crippen MR) is 83.6 cm³/mol. The fourth-order valence-electron chi connectivity index (χ4n) is 2.08. The number of carbonyl (C=O) groups excluding carboxylic acids is 2. The van der Waals surface area contributed by atoms with Crippen LogP contribution < -0.4 is 0 Å². The number of esters is 1. The highest BCUT2D eigenvalue weighted by molar-refractivity contribution is 9.10. The van der Waals surface area contributed by atoms with E-state index in [1.54, 1.807) is 6.07 Å². The second-order valence-corrected chi connectivity index (χ2v) is 5.82. The minimum Gasteiger partial charge on any atom is -0.454 e. The van der Waals surface area contributed by atoms with Gasteiger partial charge in [0.05, 0.1) is 5.56 Å². The first kappa shape index (κ1) is 16.4. The van der Waals surface area contributed by atoms with Gasteiger partial charge in [0.1, 0.15) is 5.82 Å². The number of Topliss-reactive ketones (excluding diaryl/α,β-unsaturated/α-hetero) is 1. The summed E-state index contributed by atoms with van der Waals surface area (Å²) in [4.78, 5) is 24.1. The zero-order valence-electron chi connectivity index (χ0n) is 12.4. The molecule has 0 unspecified atom stereocenters. The van der Waals surface area contributed by atoms with Crippen LogP contribution in [0.25, 0.3) is 0 Å². The van der Waals surface area contributed by atoms with Gasteiger partial charge in [-0.1, -0.05) is 0 Å². The summed E-state index contributed by atoms with van der Waals surface area (Å²) in [7, 11) is 1.86. The monoisotopic (exact) mass is 367 g/mol. The predicted octanol–water partition coefficient (Wildman–Crippen LogP) is 3.58. The Morgan fingerprint density at radius 1 is 1.23 bits per heavy atom. The fraction of sp³-hybridized carbons (Fsp3) is 0.250. The maximum atomic E-state index is 13.2. The third kappa shape index (κ3) is 3.27. The van der Waals surface area contributed by atoms with Crippen LogP contribution in [0.15, 0.2) is 28.7 Å². The first-order chi connectivity index (χ1) is 10.3. The number of aromatic nitrogens is 1. The van der Waals surface area contributed by atoms with E-state index >= 15 is 0 Å². The minimum atomic E-state index is -0.745. The number of benzene rings is 1. The Hall–Kier alpha value is -1.95. The molecule has 1 aromatic carbocycles. The molecule has 0 spiro atoms. The van der Waals surface area contributed by atoms with E-state index in [9.17, 15) is 14.0 Å². The number of ether oxygens (including phenoxy) is 1. The van der Waals surface area contributed by atoms with Crippen LogP contribution in [0.4, 0.5) is 4.39 Å². The molecule has 6 heteroatoms. The second-order valence-electron chi connectivity index (χ2n) is 4.97. The number of nitrogens with zero attached hydrogens (tertiary/aromatic N) is 1. The van der Waals surface area contributed by atoms with Gasteiger partial charge in [0.25, 0.3) is 0 Å². The van der Waals surface area contributed by atoms with Crippen molar-refractivity contribution in [1.82, 2.24) is 4.57 Å². The first-order valence-electron chi connectivity index (χ1n) is 6.59. The van der Waals surface area contributed by atoms with Gasteiger partial charge in [0.2, 0.25) is 5.78 Å². The Labute approximate surface area is 136 Å². The van der Waals surface area contributed by atoms with Crippen molar-refractivity contribution >= 4 is 27.7 Å². The van der Waals surface area contributed by atoms with Crippen molar-refractivity contribution in [2.75, 3.05) is 6.61 Å². The minimum absolute atomic E-state index is 0.0498. The molecule has 0 bridgehead atoms. The lowest BCUT2D eigenvalue weighted by Crippen LogP contribution is -2.15. The van der Waals surface area contributed by atoms with Gasteiger partial charge < -0.3 is 9.30 Å². The molecule has 0 amide bonds. The van der Waals surface area contributed by atoms with Crippen molar-refractivity contribution < 1.29 is 18.7 Å². The summed E-state index contributed by atoms with van der Waals surface area (Å²) >= 11 is 3.15. The molecule has 1 heterocycles. The van der Waals surface area contributed by atoms with Crippen LogP contribution in [0, 0.1) is 19.7 Å². The van der Waals surface area contributed by atoms with Crippen molar-refractivity contribution in [1.29, 1.82) is 0 Å². The first-order valence-corrected chi connectivity index (χ1v) is 7.39. The summed E-state index contributed by atoms with van der Waals surface area (Å²) in [6.45, 7) is 3.33. The van der Waals surface area contributed by atoms with Crippen LogP contribution in [-0.2, 0) is 11.8 Å². The average molecular weight is 368 g/mol. The van der Waals surface area contributed by atoms with Crippen LogP contribution in [0.2, 0.25) is 0 Å². The molecule has 0 saturated carbocycles. The lowest BCUT2D eigenvalue weighted by molar-refractivity contribution is 0.0473. The molecule has 2 aromatic rings. The quantitative estimate of drug-likeness (QED) is 0.612. The number of rotatable bonds is 4. The molecule has 0 aliphatic rings. The highest BCUT2D eigenvalue weighted by atomic mass is 79.9. The zero-order valence-corrected chi connectivity index (χ0v) is 14.0. The van der Waals surface area contributed by atoms with Gasteiger partial charge in [-0.05, 0) is 54.0 Å². The molecule has 0 aliphatic heterocycles. The van der Waals surface area contributed by atoms with Crippen molar-refractivity contribution in [2.45, 2.75) is 13.8 Å². The molecule has 0 N–H and O–H groups in total. The molecule has 116 valence electrons. The Morgan fingerprint density at radius 2 is 1.91 bits per heavy atom. The van der Waals surface area contributed by atoms with E-state index in [0.717, 1.165) is 17.5 Å². The summed E-state index contributed by atoms with van der Waals surface area (Å²) in [5, 5.41) is 0. The van der Waals surface area contributed by atoms with Gasteiger partial charge in [0, 0.05) is 28.5 Å². The molecule has 4 nitrogen and oxygen atoms in total. The normalized spacial score (nSPS) is 10.6. The van der Waals surface area contributed by atoms with Crippen molar-refractivity contribution in [3.05, 3.63) is 57.1 Å². The number of hydrogen-bond acceptors (Lipinski definition) is 3. The molecule has 22 heavy (non-hydrogen) atoms. The summed E-state index contributed by atoms with van der Waals surface area (Å²) < 4.78 is 20.5. The van der Waals surface area contributed by atoms with E-state index in [4.69, 9.17) is 4.74 Å². The third-order valence-corrected chi connectivity index (χ3v) is 4.25. The highest BCUT2D eigenvalue weighted by Gasteiger charge is 2.18. The van der Waals surface area contributed by atoms with Gasteiger partial charge in [0.15, 0.2) is 6.61 Å². The Morgan fingerprint density at radius 3 is 2.50 bits per heavy atom. The largest absolute Gasteiger partial charge is 0.454 e. The number of aryl methyl sites for hydroxylation is 1. The van der Waals surface area contributed by atoms with Crippen molar-refractivity contribution in [2.24, 2.45) is 7.05 Å².